The van der Waals surface area contributed by atoms with Gasteiger partial charge in [-0.3, -0.25) is 4.79 Å². The SMILES string of the molecule is CC(C)NC(=O)CS(=O)(=O)Cc1cccc(Cl)c1. The third-order valence-electron chi connectivity index (χ3n) is 2.08. The van der Waals surface area contributed by atoms with Gasteiger partial charge >= 0.3 is 0 Å². The van der Waals surface area contributed by atoms with Crippen LogP contribution in [-0.4, -0.2) is 26.1 Å². The minimum absolute atomic E-state index is 0.0705. The van der Waals surface area contributed by atoms with Crippen LogP contribution < -0.4 is 5.32 Å². The van der Waals surface area contributed by atoms with Crippen molar-refractivity contribution in [2.75, 3.05) is 5.75 Å². The molecule has 0 saturated carbocycles. The van der Waals surface area contributed by atoms with E-state index in [-0.39, 0.29) is 11.8 Å². The van der Waals surface area contributed by atoms with Crippen LogP contribution in [0.3, 0.4) is 0 Å². The van der Waals surface area contributed by atoms with E-state index in [9.17, 15) is 13.2 Å². The van der Waals surface area contributed by atoms with E-state index in [4.69, 9.17) is 11.6 Å². The van der Waals surface area contributed by atoms with E-state index in [2.05, 4.69) is 5.32 Å². The fourth-order valence-corrected chi connectivity index (χ4v) is 2.98. The topological polar surface area (TPSA) is 63.2 Å². The molecule has 6 heteroatoms. The lowest BCUT2D eigenvalue weighted by atomic mass is 10.2. The Labute approximate surface area is 112 Å². The average molecular weight is 290 g/mol. The molecule has 4 nitrogen and oxygen atoms in total. The summed E-state index contributed by atoms with van der Waals surface area (Å²) in [6.45, 7) is 3.56. The third kappa shape index (κ3) is 5.51. The van der Waals surface area contributed by atoms with Gasteiger partial charge in [0.25, 0.3) is 0 Å². The zero-order valence-corrected chi connectivity index (χ0v) is 11.9. The van der Waals surface area contributed by atoms with Crippen LogP contribution in [0, 0.1) is 0 Å². The molecule has 0 saturated heterocycles. The molecule has 0 spiro atoms. The summed E-state index contributed by atoms with van der Waals surface area (Å²) in [5.74, 6) is -1.16. The molecule has 0 aliphatic rings. The zero-order valence-electron chi connectivity index (χ0n) is 10.3. The zero-order chi connectivity index (χ0) is 13.8. The number of carbonyl (C=O) groups excluding carboxylic acids is 1. The molecule has 1 amide bonds. The Hall–Kier alpha value is -1.07. The molecule has 0 unspecified atom stereocenters. The minimum Gasteiger partial charge on any atom is -0.353 e. The molecule has 0 aliphatic heterocycles. The molecule has 18 heavy (non-hydrogen) atoms. The number of sulfone groups is 1. The molecule has 0 fully saturated rings. The maximum absolute atomic E-state index is 11.8. The smallest absolute Gasteiger partial charge is 0.235 e. The molecule has 0 radical (unpaired) electrons. The van der Waals surface area contributed by atoms with Crippen LogP contribution in [0.25, 0.3) is 0 Å². The number of amides is 1. The predicted octanol–water partition coefficient (Wildman–Crippen LogP) is 1.78. The van der Waals surface area contributed by atoms with Crippen LogP contribution in [-0.2, 0) is 20.4 Å². The number of carbonyl (C=O) groups is 1. The van der Waals surface area contributed by atoms with Gasteiger partial charge in [-0.15, -0.1) is 0 Å². The summed E-state index contributed by atoms with van der Waals surface area (Å²) in [6.07, 6.45) is 0. The van der Waals surface area contributed by atoms with Crippen LogP contribution in [0.5, 0.6) is 0 Å². The van der Waals surface area contributed by atoms with Crippen molar-refractivity contribution in [1.29, 1.82) is 0 Å². The van der Waals surface area contributed by atoms with E-state index in [1.165, 1.54) is 0 Å². The summed E-state index contributed by atoms with van der Waals surface area (Å²) in [7, 11) is -3.47. The molecule has 1 rings (SSSR count). The van der Waals surface area contributed by atoms with Crippen molar-refractivity contribution in [2.45, 2.75) is 25.6 Å². The van der Waals surface area contributed by atoms with E-state index in [0.29, 0.717) is 10.6 Å². The van der Waals surface area contributed by atoms with E-state index in [1.54, 1.807) is 38.1 Å². The standard InChI is InChI=1S/C12H16ClNO3S/c1-9(2)14-12(15)8-18(16,17)7-10-4-3-5-11(13)6-10/h3-6,9H,7-8H2,1-2H3,(H,14,15). The van der Waals surface area contributed by atoms with Gasteiger partial charge in [0.15, 0.2) is 9.84 Å². The molecule has 0 aromatic heterocycles. The first-order chi connectivity index (χ1) is 8.28. The molecule has 1 N–H and O–H groups in total. The Balaban J connectivity index is 2.68. The highest BCUT2D eigenvalue weighted by Gasteiger charge is 2.17. The lowest BCUT2D eigenvalue weighted by Crippen LogP contribution is -2.35. The summed E-state index contributed by atoms with van der Waals surface area (Å²) in [5.41, 5.74) is 0.583. The van der Waals surface area contributed by atoms with Crippen LogP contribution in [0.1, 0.15) is 19.4 Å². The van der Waals surface area contributed by atoms with Gasteiger partial charge in [-0.05, 0) is 31.5 Å². The molecule has 0 atom stereocenters. The summed E-state index contributed by atoms with van der Waals surface area (Å²) >= 11 is 5.77. The van der Waals surface area contributed by atoms with Gasteiger partial charge in [-0.2, -0.15) is 0 Å². The number of halogens is 1. The normalized spacial score (nSPS) is 11.6. The molecule has 1 aromatic carbocycles. The summed E-state index contributed by atoms with van der Waals surface area (Å²) in [6, 6.07) is 6.53. The van der Waals surface area contributed by atoms with Gasteiger partial charge in [0, 0.05) is 11.1 Å². The number of rotatable bonds is 5. The van der Waals surface area contributed by atoms with Gasteiger partial charge < -0.3 is 5.32 Å². The van der Waals surface area contributed by atoms with Gasteiger partial charge in [0.1, 0.15) is 5.75 Å². The monoisotopic (exact) mass is 289 g/mol. The van der Waals surface area contributed by atoms with Gasteiger partial charge in [-0.1, -0.05) is 23.7 Å². The van der Waals surface area contributed by atoms with Crippen LogP contribution >= 0.6 is 11.6 Å². The highest BCUT2D eigenvalue weighted by Crippen LogP contribution is 2.13. The maximum atomic E-state index is 11.8. The quantitative estimate of drug-likeness (QED) is 0.899. The number of hydrogen-bond donors (Lipinski definition) is 1. The number of nitrogens with one attached hydrogen (secondary N) is 1. The fraction of sp³-hybridized carbons (Fsp3) is 0.417. The van der Waals surface area contributed by atoms with Crippen LogP contribution in [0.2, 0.25) is 5.02 Å². The summed E-state index contributed by atoms with van der Waals surface area (Å²) in [4.78, 5) is 11.4. The van der Waals surface area contributed by atoms with Crippen molar-refractivity contribution in [3.63, 3.8) is 0 Å². The third-order valence-corrected chi connectivity index (χ3v) is 3.79. The molecule has 100 valence electrons. The summed E-state index contributed by atoms with van der Waals surface area (Å²) in [5, 5.41) is 3.03. The van der Waals surface area contributed by atoms with Crippen LogP contribution in [0.15, 0.2) is 24.3 Å². The second-order valence-corrected chi connectivity index (χ2v) is 6.89. The van der Waals surface area contributed by atoms with E-state index >= 15 is 0 Å². The molecule has 1 aromatic rings. The van der Waals surface area contributed by atoms with Gasteiger partial charge in [0.05, 0.1) is 5.75 Å². The van der Waals surface area contributed by atoms with E-state index in [0.717, 1.165) is 0 Å². The highest BCUT2D eigenvalue weighted by atomic mass is 35.5. The Kier molecular flexibility index (Phi) is 5.16. The number of benzene rings is 1. The van der Waals surface area contributed by atoms with Crippen molar-refractivity contribution in [3.05, 3.63) is 34.9 Å². The number of hydrogen-bond acceptors (Lipinski definition) is 3. The van der Waals surface area contributed by atoms with Crippen LogP contribution in [0.4, 0.5) is 0 Å². The lowest BCUT2D eigenvalue weighted by Gasteiger charge is -2.09. The van der Waals surface area contributed by atoms with Crippen molar-refractivity contribution >= 4 is 27.3 Å². The molecular formula is C12H16ClNO3S. The first-order valence-electron chi connectivity index (χ1n) is 5.53. The minimum atomic E-state index is -3.47. The Morgan fingerprint density at radius 3 is 2.61 bits per heavy atom. The Morgan fingerprint density at radius 2 is 2.06 bits per heavy atom. The van der Waals surface area contributed by atoms with Crippen molar-refractivity contribution in [2.24, 2.45) is 0 Å². The molecular weight excluding hydrogens is 274 g/mol. The molecule has 0 bridgehead atoms. The van der Waals surface area contributed by atoms with E-state index in [1.807, 2.05) is 0 Å². The second-order valence-electron chi connectivity index (χ2n) is 4.38. The second kappa shape index (κ2) is 6.20. The molecule has 0 aliphatic carbocycles. The van der Waals surface area contributed by atoms with Crippen molar-refractivity contribution in [1.82, 2.24) is 5.32 Å². The van der Waals surface area contributed by atoms with Crippen molar-refractivity contribution < 1.29 is 13.2 Å². The maximum Gasteiger partial charge on any atom is 0.235 e. The summed E-state index contributed by atoms with van der Waals surface area (Å²) < 4.78 is 23.6. The van der Waals surface area contributed by atoms with Gasteiger partial charge in [0.2, 0.25) is 5.91 Å². The molecule has 0 heterocycles. The highest BCUT2D eigenvalue weighted by molar-refractivity contribution is 7.91. The first kappa shape index (κ1) is 15.0. The van der Waals surface area contributed by atoms with Gasteiger partial charge in [-0.25, -0.2) is 8.42 Å². The van der Waals surface area contributed by atoms with Crippen molar-refractivity contribution in [3.8, 4) is 0 Å². The fourth-order valence-electron chi connectivity index (χ4n) is 1.50. The largest absolute Gasteiger partial charge is 0.353 e. The lowest BCUT2D eigenvalue weighted by molar-refractivity contribution is -0.119. The Morgan fingerprint density at radius 1 is 1.39 bits per heavy atom. The van der Waals surface area contributed by atoms with E-state index < -0.39 is 21.5 Å². The Bertz CT molecular complexity index is 526. The predicted molar refractivity (Wildman–Crippen MR) is 72.2 cm³/mol. The average Bonchev–Trinajstić information content (AvgIpc) is 2.13. The first-order valence-corrected chi connectivity index (χ1v) is 7.72.